The van der Waals surface area contributed by atoms with E-state index in [-0.39, 0.29) is 0 Å². The average Bonchev–Trinajstić information content (AvgIpc) is 2.33. The van der Waals surface area contributed by atoms with Gasteiger partial charge in [0.2, 0.25) is 0 Å². The van der Waals surface area contributed by atoms with Crippen LogP contribution in [0.25, 0.3) is 0 Å². The van der Waals surface area contributed by atoms with Crippen molar-refractivity contribution in [2.24, 2.45) is 0 Å². The highest BCUT2D eigenvalue weighted by atomic mass is 15.1. The van der Waals surface area contributed by atoms with Crippen LogP contribution in [-0.4, -0.2) is 43.1 Å². The zero-order valence-corrected chi connectivity index (χ0v) is 11.3. The third-order valence-electron chi connectivity index (χ3n) is 2.77. The second-order valence-electron chi connectivity index (χ2n) is 4.53. The summed E-state index contributed by atoms with van der Waals surface area (Å²) in [6.45, 7) is 6.20. The van der Waals surface area contributed by atoms with Crippen molar-refractivity contribution in [1.82, 2.24) is 9.88 Å². The molecule has 1 atom stereocenters. The van der Waals surface area contributed by atoms with E-state index in [0.29, 0.717) is 6.04 Å². The van der Waals surface area contributed by atoms with Gasteiger partial charge in [-0.05, 0) is 39.6 Å². The van der Waals surface area contributed by atoms with E-state index >= 15 is 0 Å². The summed E-state index contributed by atoms with van der Waals surface area (Å²) < 4.78 is 0. The SMILES string of the molecule is CCCNc1cccc(NCC(C)N(C)C)n1. The van der Waals surface area contributed by atoms with Crippen LogP contribution >= 0.6 is 0 Å². The molecule has 1 aromatic heterocycles. The molecule has 4 heteroatoms. The number of aromatic nitrogens is 1. The lowest BCUT2D eigenvalue weighted by Crippen LogP contribution is -2.31. The number of hydrogen-bond donors (Lipinski definition) is 2. The quantitative estimate of drug-likeness (QED) is 0.762. The summed E-state index contributed by atoms with van der Waals surface area (Å²) in [7, 11) is 4.16. The van der Waals surface area contributed by atoms with E-state index in [1.807, 2.05) is 18.2 Å². The zero-order valence-electron chi connectivity index (χ0n) is 11.3. The van der Waals surface area contributed by atoms with Crippen LogP contribution in [0, 0.1) is 0 Å². The smallest absolute Gasteiger partial charge is 0.128 e. The molecule has 96 valence electrons. The molecule has 0 aliphatic rings. The predicted molar refractivity (Wildman–Crippen MR) is 74.7 cm³/mol. The van der Waals surface area contributed by atoms with Gasteiger partial charge in [-0.3, -0.25) is 0 Å². The van der Waals surface area contributed by atoms with Gasteiger partial charge in [0.15, 0.2) is 0 Å². The Balaban J connectivity index is 2.48. The van der Waals surface area contributed by atoms with E-state index in [9.17, 15) is 0 Å². The lowest BCUT2D eigenvalue weighted by molar-refractivity contribution is 0.326. The first-order valence-corrected chi connectivity index (χ1v) is 6.24. The minimum absolute atomic E-state index is 0.490. The van der Waals surface area contributed by atoms with Crippen LogP contribution in [0.4, 0.5) is 11.6 Å². The van der Waals surface area contributed by atoms with Gasteiger partial charge in [0.05, 0.1) is 0 Å². The Morgan fingerprint density at radius 1 is 1.24 bits per heavy atom. The number of anilines is 2. The maximum Gasteiger partial charge on any atom is 0.128 e. The summed E-state index contributed by atoms with van der Waals surface area (Å²) in [4.78, 5) is 6.69. The fraction of sp³-hybridized carbons (Fsp3) is 0.615. The second-order valence-corrected chi connectivity index (χ2v) is 4.53. The molecular weight excluding hydrogens is 212 g/mol. The van der Waals surface area contributed by atoms with E-state index in [1.54, 1.807) is 0 Å². The molecular formula is C13H24N4. The Hall–Kier alpha value is -1.29. The van der Waals surface area contributed by atoms with Gasteiger partial charge in [-0.2, -0.15) is 0 Å². The summed E-state index contributed by atoms with van der Waals surface area (Å²) in [5, 5.41) is 6.63. The second kappa shape index (κ2) is 7.12. The van der Waals surface area contributed by atoms with E-state index in [0.717, 1.165) is 31.1 Å². The zero-order chi connectivity index (χ0) is 12.7. The van der Waals surface area contributed by atoms with Gasteiger partial charge in [0.25, 0.3) is 0 Å². The van der Waals surface area contributed by atoms with Gasteiger partial charge in [0.1, 0.15) is 11.6 Å². The van der Waals surface area contributed by atoms with Gasteiger partial charge in [-0.1, -0.05) is 13.0 Å². The highest BCUT2D eigenvalue weighted by molar-refractivity contribution is 5.45. The minimum Gasteiger partial charge on any atom is -0.370 e. The summed E-state index contributed by atoms with van der Waals surface area (Å²) in [5.41, 5.74) is 0. The molecule has 1 rings (SSSR count). The fourth-order valence-corrected chi connectivity index (χ4v) is 1.32. The Bertz CT molecular complexity index is 325. The van der Waals surface area contributed by atoms with Crippen LogP contribution in [0.1, 0.15) is 20.3 Å². The number of nitrogens with zero attached hydrogens (tertiary/aromatic N) is 2. The van der Waals surface area contributed by atoms with Gasteiger partial charge >= 0.3 is 0 Å². The standard InChI is InChI=1S/C13H24N4/c1-5-9-14-12-7-6-8-13(16-12)15-10-11(2)17(3)4/h6-8,11H,5,9-10H2,1-4H3,(H2,14,15,16). The highest BCUT2D eigenvalue weighted by Crippen LogP contribution is 2.09. The lowest BCUT2D eigenvalue weighted by atomic mass is 10.3. The molecule has 0 aliphatic carbocycles. The summed E-state index contributed by atoms with van der Waals surface area (Å²) in [5.74, 6) is 1.87. The molecule has 0 aliphatic heterocycles. The molecule has 1 aromatic rings. The molecule has 0 spiro atoms. The highest BCUT2D eigenvalue weighted by Gasteiger charge is 2.04. The minimum atomic E-state index is 0.490. The molecule has 0 saturated carbocycles. The molecule has 4 nitrogen and oxygen atoms in total. The maximum absolute atomic E-state index is 4.50. The van der Waals surface area contributed by atoms with Gasteiger partial charge in [-0.25, -0.2) is 4.98 Å². The molecule has 0 bridgehead atoms. The number of nitrogens with one attached hydrogen (secondary N) is 2. The number of hydrogen-bond acceptors (Lipinski definition) is 4. The van der Waals surface area contributed by atoms with Crippen molar-refractivity contribution in [3.63, 3.8) is 0 Å². The van der Waals surface area contributed by atoms with Crippen molar-refractivity contribution in [3.05, 3.63) is 18.2 Å². The van der Waals surface area contributed by atoms with Gasteiger partial charge in [-0.15, -0.1) is 0 Å². The van der Waals surface area contributed by atoms with Crippen LogP contribution in [0.5, 0.6) is 0 Å². The fourth-order valence-electron chi connectivity index (χ4n) is 1.32. The Morgan fingerprint density at radius 2 is 1.88 bits per heavy atom. The molecule has 0 aromatic carbocycles. The molecule has 0 amide bonds. The molecule has 1 heterocycles. The summed E-state index contributed by atoms with van der Waals surface area (Å²) in [6, 6.07) is 6.51. The monoisotopic (exact) mass is 236 g/mol. The molecule has 17 heavy (non-hydrogen) atoms. The number of pyridine rings is 1. The van der Waals surface area contributed by atoms with Gasteiger partial charge < -0.3 is 15.5 Å². The van der Waals surface area contributed by atoms with Crippen LogP contribution in [-0.2, 0) is 0 Å². The van der Waals surface area contributed by atoms with E-state index in [4.69, 9.17) is 0 Å². The Labute approximate surface area is 104 Å². The van der Waals surface area contributed by atoms with Crippen molar-refractivity contribution in [1.29, 1.82) is 0 Å². The summed E-state index contributed by atoms with van der Waals surface area (Å²) >= 11 is 0. The van der Waals surface area contributed by atoms with Crippen LogP contribution < -0.4 is 10.6 Å². The van der Waals surface area contributed by atoms with E-state index in [1.165, 1.54) is 0 Å². The van der Waals surface area contributed by atoms with E-state index in [2.05, 4.69) is 48.5 Å². The lowest BCUT2D eigenvalue weighted by Gasteiger charge is -2.20. The van der Waals surface area contributed by atoms with Crippen LogP contribution in [0.15, 0.2) is 18.2 Å². The Morgan fingerprint density at radius 3 is 2.47 bits per heavy atom. The maximum atomic E-state index is 4.50. The average molecular weight is 236 g/mol. The van der Waals surface area contributed by atoms with Crippen molar-refractivity contribution in [2.75, 3.05) is 37.8 Å². The molecule has 2 N–H and O–H groups in total. The summed E-state index contributed by atoms with van der Waals surface area (Å²) in [6.07, 6.45) is 1.11. The topological polar surface area (TPSA) is 40.2 Å². The first kappa shape index (κ1) is 13.8. The largest absolute Gasteiger partial charge is 0.370 e. The Kier molecular flexibility index (Phi) is 5.77. The first-order chi connectivity index (χ1) is 8.13. The number of likely N-dealkylation sites (N-methyl/N-ethyl adjacent to an activating group) is 1. The van der Waals surface area contributed by atoms with Crippen molar-refractivity contribution >= 4 is 11.6 Å². The predicted octanol–water partition coefficient (Wildman–Crippen LogP) is 2.27. The van der Waals surface area contributed by atoms with Crippen molar-refractivity contribution in [3.8, 4) is 0 Å². The molecule has 0 radical (unpaired) electrons. The van der Waals surface area contributed by atoms with Crippen molar-refractivity contribution < 1.29 is 0 Å². The first-order valence-electron chi connectivity index (χ1n) is 6.24. The third kappa shape index (κ3) is 5.04. The normalized spacial score (nSPS) is 12.5. The number of rotatable bonds is 7. The molecule has 0 saturated heterocycles. The third-order valence-corrected chi connectivity index (χ3v) is 2.77. The van der Waals surface area contributed by atoms with Crippen molar-refractivity contribution in [2.45, 2.75) is 26.3 Å². The van der Waals surface area contributed by atoms with Crippen LogP contribution in [0.2, 0.25) is 0 Å². The van der Waals surface area contributed by atoms with Gasteiger partial charge in [0, 0.05) is 19.1 Å². The van der Waals surface area contributed by atoms with E-state index < -0.39 is 0 Å². The molecule has 0 fully saturated rings. The van der Waals surface area contributed by atoms with Crippen LogP contribution in [0.3, 0.4) is 0 Å². The molecule has 1 unspecified atom stereocenters.